The third-order valence-electron chi connectivity index (χ3n) is 3.46. The van der Waals surface area contributed by atoms with Crippen LogP contribution in [0.15, 0.2) is 40.8 Å². The van der Waals surface area contributed by atoms with Crippen molar-refractivity contribution in [2.45, 2.75) is 30.6 Å². The molecule has 0 saturated carbocycles. The van der Waals surface area contributed by atoms with Crippen molar-refractivity contribution in [1.29, 1.82) is 0 Å². The zero-order valence-electron chi connectivity index (χ0n) is 12.0. The van der Waals surface area contributed by atoms with E-state index in [1.54, 1.807) is 12.1 Å². The Morgan fingerprint density at radius 1 is 1.33 bits per heavy atom. The molecule has 0 aromatic heterocycles. The number of benzene rings is 1. The summed E-state index contributed by atoms with van der Waals surface area (Å²) in [5, 5.41) is 0. The molecule has 114 valence electrons. The second-order valence-electron chi connectivity index (χ2n) is 4.89. The van der Waals surface area contributed by atoms with Crippen LogP contribution in [-0.2, 0) is 14.8 Å². The van der Waals surface area contributed by atoms with E-state index in [-0.39, 0.29) is 10.5 Å². The molecule has 0 bridgehead atoms. The molecule has 6 heteroatoms. The van der Waals surface area contributed by atoms with E-state index in [0.29, 0.717) is 13.0 Å². The summed E-state index contributed by atoms with van der Waals surface area (Å²) in [6, 6.07) is 6.04. The summed E-state index contributed by atoms with van der Waals surface area (Å²) in [6.07, 6.45) is 6.14. The topological polar surface area (TPSA) is 72.5 Å². The van der Waals surface area contributed by atoms with Crippen LogP contribution in [-0.4, -0.2) is 28.0 Å². The number of rotatable bonds is 6. The molecule has 0 heterocycles. The number of hydrogen-bond acceptors (Lipinski definition) is 4. The summed E-state index contributed by atoms with van der Waals surface area (Å²) >= 11 is 0. The fourth-order valence-electron chi connectivity index (χ4n) is 2.37. The molecule has 1 aromatic carbocycles. The molecule has 0 saturated heterocycles. The maximum atomic E-state index is 12.3. The first-order valence-electron chi connectivity index (χ1n) is 6.89. The van der Waals surface area contributed by atoms with Crippen LogP contribution in [0.5, 0.6) is 0 Å². The van der Waals surface area contributed by atoms with Gasteiger partial charge in [-0.1, -0.05) is 23.8 Å². The number of carbonyl (C=O) groups is 1. The van der Waals surface area contributed by atoms with Crippen LogP contribution < -0.4 is 4.72 Å². The van der Waals surface area contributed by atoms with Gasteiger partial charge < -0.3 is 4.74 Å². The van der Waals surface area contributed by atoms with Crippen LogP contribution >= 0.6 is 0 Å². The largest absolute Gasteiger partial charge is 0.465 e. The number of sulfonamides is 1. The Kier molecular flexibility index (Phi) is 5.14. The highest BCUT2D eigenvalue weighted by atomic mass is 32.2. The molecule has 1 N–H and O–H groups in total. The van der Waals surface area contributed by atoms with Crippen molar-refractivity contribution < 1.29 is 17.9 Å². The monoisotopic (exact) mass is 309 g/mol. The number of methoxy groups -OCH3 is 1. The highest BCUT2D eigenvalue weighted by Gasteiger charge is 2.22. The molecule has 0 spiro atoms. The molecule has 2 rings (SSSR count). The van der Waals surface area contributed by atoms with Crippen molar-refractivity contribution >= 4 is 16.0 Å². The van der Waals surface area contributed by atoms with E-state index in [1.807, 2.05) is 0 Å². The molecule has 21 heavy (non-hydrogen) atoms. The summed E-state index contributed by atoms with van der Waals surface area (Å²) in [5.74, 6) is -0.658. The van der Waals surface area contributed by atoms with Crippen LogP contribution in [0.3, 0.4) is 0 Å². The molecule has 1 aliphatic rings. The first-order valence-corrected chi connectivity index (χ1v) is 8.38. The number of nitrogens with one attached hydrogen (secondary N) is 1. The van der Waals surface area contributed by atoms with Crippen LogP contribution in [0.1, 0.15) is 36.0 Å². The Hall–Kier alpha value is -1.66. The Bertz CT molecular complexity index is 649. The van der Waals surface area contributed by atoms with Gasteiger partial charge in [0.25, 0.3) is 0 Å². The lowest BCUT2D eigenvalue weighted by atomic mass is 10.2. The maximum Gasteiger partial charge on any atom is 0.339 e. The van der Waals surface area contributed by atoms with E-state index >= 15 is 0 Å². The number of carbonyl (C=O) groups excluding carboxylic acids is 1. The van der Waals surface area contributed by atoms with Gasteiger partial charge in [0.1, 0.15) is 0 Å². The van der Waals surface area contributed by atoms with Crippen LogP contribution in [0, 0.1) is 0 Å². The minimum atomic E-state index is -3.72. The normalized spacial score (nSPS) is 14.8. The number of allylic oxidation sites excluding steroid dienone is 1. The summed E-state index contributed by atoms with van der Waals surface area (Å²) < 4.78 is 31.8. The van der Waals surface area contributed by atoms with E-state index in [4.69, 9.17) is 0 Å². The minimum absolute atomic E-state index is 0.0442. The smallest absolute Gasteiger partial charge is 0.339 e. The summed E-state index contributed by atoms with van der Waals surface area (Å²) in [7, 11) is -2.49. The quantitative estimate of drug-likeness (QED) is 0.646. The Balaban J connectivity index is 2.10. The highest BCUT2D eigenvalue weighted by molar-refractivity contribution is 7.89. The first-order chi connectivity index (χ1) is 10.0. The second kappa shape index (κ2) is 6.87. The highest BCUT2D eigenvalue weighted by Crippen LogP contribution is 2.21. The molecule has 0 amide bonds. The van der Waals surface area contributed by atoms with Crippen molar-refractivity contribution in [3.8, 4) is 0 Å². The molecular weight excluding hydrogens is 290 g/mol. The van der Waals surface area contributed by atoms with Gasteiger partial charge in [-0.3, -0.25) is 0 Å². The third kappa shape index (κ3) is 3.92. The summed E-state index contributed by atoms with van der Waals surface area (Å²) in [6.45, 7) is 0.337. The zero-order chi connectivity index (χ0) is 15.3. The van der Waals surface area contributed by atoms with Gasteiger partial charge in [0.15, 0.2) is 0 Å². The van der Waals surface area contributed by atoms with Crippen LogP contribution in [0.4, 0.5) is 0 Å². The maximum absolute atomic E-state index is 12.3. The van der Waals surface area contributed by atoms with E-state index in [0.717, 1.165) is 19.3 Å². The molecule has 0 radical (unpaired) electrons. The Morgan fingerprint density at radius 3 is 2.76 bits per heavy atom. The van der Waals surface area contributed by atoms with E-state index < -0.39 is 16.0 Å². The molecule has 5 nitrogen and oxygen atoms in total. The Labute approximate surface area is 125 Å². The molecule has 0 fully saturated rings. The van der Waals surface area contributed by atoms with Gasteiger partial charge in [-0.2, -0.15) is 0 Å². The van der Waals surface area contributed by atoms with Crippen molar-refractivity contribution in [2.24, 2.45) is 0 Å². The van der Waals surface area contributed by atoms with Crippen LogP contribution in [0.25, 0.3) is 0 Å². The fraction of sp³-hybridized carbons (Fsp3) is 0.400. The number of esters is 1. The molecular formula is C15H19NO4S. The molecule has 0 unspecified atom stereocenters. The number of ether oxygens (including phenoxy) is 1. The van der Waals surface area contributed by atoms with E-state index in [1.165, 1.54) is 24.8 Å². The van der Waals surface area contributed by atoms with Crippen LogP contribution in [0.2, 0.25) is 0 Å². The van der Waals surface area contributed by atoms with Gasteiger partial charge in [0.05, 0.1) is 17.6 Å². The predicted molar refractivity (Wildman–Crippen MR) is 79.5 cm³/mol. The average Bonchev–Trinajstić information content (AvgIpc) is 2.99. The summed E-state index contributed by atoms with van der Waals surface area (Å²) in [4.78, 5) is 11.6. The lowest BCUT2D eigenvalue weighted by molar-refractivity contribution is 0.0596. The summed E-state index contributed by atoms with van der Waals surface area (Å²) in [5.41, 5.74) is 1.34. The molecule has 0 atom stereocenters. The predicted octanol–water partition coefficient (Wildman–Crippen LogP) is 2.25. The fourth-order valence-corrected chi connectivity index (χ4v) is 3.59. The average molecular weight is 309 g/mol. The van der Waals surface area contributed by atoms with Gasteiger partial charge in [0, 0.05) is 6.54 Å². The third-order valence-corrected chi connectivity index (χ3v) is 4.97. The number of hydrogen-bond donors (Lipinski definition) is 1. The zero-order valence-corrected chi connectivity index (χ0v) is 12.8. The SMILES string of the molecule is COC(=O)c1ccccc1S(=O)(=O)NCCC1=CCCC1. The first kappa shape index (κ1) is 15.7. The van der Waals surface area contributed by atoms with Gasteiger partial charge in [-0.25, -0.2) is 17.9 Å². The van der Waals surface area contributed by atoms with Crippen molar-refractivity contribution in [3.63, 3.8) is 0 Å². The van der Waals surface area contributed by atoms with Crippen molar-refractivity contribution in [2.75, 3.05) is 13.7 Å². The van der Waals surface area contributed by atoms with Gasteiger partial charge >= 0.3 is 5.97 Å². The van der Waals surface area contributed by atoms with Gasteiger partial charge in [0.2, 0.25) is 10.0 Å². The molecule has 0 aliphatic heterocycles. The lowest BCUT2D eigenvalue weighted by Gasteiger charge is -2.10. The Morgan fingerprint density at radius 2 is 2.10 bits per heavy atom. The second-order valence-corrected chi connectivity index (χ2v) is 6.63. The lowest BCUT2D eigenvalue weighted by Crippen LogP contribution is -2.26. The standard InChI is InChI=1S/C15H19NO4S/c1-20-15(17)13-8-4-5-9-14(13)21(18,19)16-11-10-12-6-2-3-7-12/h4-6,8-9,16H,2-3,7,10-11H2,1H3. The van der Waals surface area contributed by atoms with E-state index in [2.05, 4.69) is 15.5 Å². The molecule has 1 aliphatic carbocycles. The van der Waals surface area contributed by atoms with Crippen molar-refractivity contribution in [3.05, 3.63) is 41.5 Å². The molecule has 1 aromatic rings. The van der Waals surface area contributed by atoms with Gasteiger partial charge in [-0.15, -0.1) is 0 Å². The van der Waals surface area contributed by atoms with Gasteiger partial charge in [-0.05, 0) is 37.8 Å². The van der Waals surface area contributed by atoms with E-state index in [9.17, 15) is 13.2 Å². The minimum Gasteiger partial charge on any atom is -0.465 e. The van der Waals surface area contributed by atoms with Crippen molar-refractivity contribution in [1.82, 2.24) is 4.72 Å².